The van der Waals surface area contributed by atoms with E-state index in [-0.39, 0.29) is 17.8 Å². The summed E-state index contributed by atoms with van der Waals surface area (Å²) in [6.07, 6.45) is 0.347. The van der Waals surface area contributed by atoms with Crippen molar-refractivity contribution in [2.75, 3.05) is 25.0 Å². The highest BCUT2D eigenvalue weighted by molar-refractivity contribution is 5.95. The molecule has 0 saturated carbocycles. The van der Waals surface area contributed by atoms with Crippen LogP contribution in [0.3, 0.4) is 0 Å². The van der Waals surface area contributed by atoms with E-state index < -0.39 is 22.8 Å². The summed E-state index contributed by atoms with van der Waals surface area (Å²) in [4.78, 5) is 33.7. The average Bonchev–Trinajstić information content (AvgIpc) is 2.55. The highest BCUT2D eigenvalue weighted by Crippen LogP contribution is 2.29. The third-order valence-electron chi connectivity index (χ3n) is 3.36. The Kier molecular flexibility index (Phi) is 8.30. The van der Waals surface area contributed by atoms with Crippen LogP contribution in [0.15, 0.2) is 18.2 Å². The fourth-order valence-electron chi connectivity index (χ4n) is 2.15. The number of hydrogen-bond donors (Lipinski definition) is 3. The number of nitro benzene ring substituents is 1. The first kappa shape index (κ1) is 20.3. The van der Waals surface area contributed by atoms with Crippen LogP contribution in [0, 0.1) is 10.1 Å². The summed E-state index contributed by atoms with van der Waals surface area (Å²) in [5, 5.41) is 26.1. The van der Waals surface area contributed by atoms with Crippen molar-refractivity contribution in [2.45, 2.75) is 25.8 Å². The number of nitrogens with zero attached hydrogens (tertiary/aromatic N) is 1. The molecule has 0 heterocycles. The molecule has 0 fully saturated rings. The van der Waals surface area contributed by atoms with Crippen LogP contribution in [0.1, 0.15) is 19.8 Å². The number of benzene rings is 1. The zero-order chi connectivity index (χ0) is 18.8. The Morgan fingerprint density at radius 3 is 2.72 bits per heavy atom. The van der Waals surface area contributed by atoms with E-state index in [0.717, 1.165) is 0 Å². The lowest BCUT2D eigenvalue weighted by Gasteiger charge is -2.16. The summed E-state index contributed by atoms with van der Waals surface area (Å²) in [6, 6.07) is 2.98. The first-order valence-electron chi connectivity index (χ1n) is 7.93. The highest BCUT2D eigenvalue weighted by Gasteiger charge is 2.21. The van der Waals surface area contributed by atoms with E-state index in [0.29, 0.717) is 31.9 Å². The molecule has 6 N–H and O–H groups in total. The zero-order valence-corrected chi connectivity index (χ0v) is 14.0. The van der Waals surface area contributed by atoms with Crippen LogP contribution in [-0.4, -0.2) is 42.5 Å². The molecule has 0 radical (unpaired) electrons. The number of carbonyl (C=O) groups excluding carboxylic acids is 2. The lowest BCUT2D eigenvalue weighted by molar-refractivity contribution is -0.684. The van der Waals surface area contributed by atoms with Gasteiger partial charge in [-0.05, 0) is 19.1 Å². The van der Waals surface area contributed by atoms with E-state index in [1.165, 1.54) is 23.5 Å². The number of carboxylic acid groups (broad SMARTS) is 1. The molecular weight excluding hydrogens is 332 g/mol. The second kappa shape index (κ2) is 10.2. The van der Waals surface area contributed by atoms with E-state index in [1.54, 1.807) is 6.92 Å². The second-order valence-corrected chi connectivity index (χ2v) is 5.28. The topological polar surface area (TPSA) is 166 Å². The van der Waals surface area contributed by atoms with Crippen LogP contribution in [0.2, 0.25) is 0 Å². The molecule has 138 valence electrons. The fraction of sp³-hybridized carbons (Fsp3) is 0.467. The van der Waals surface area contributed by atoms with Crippen molar-refractivity contribution < 1.29 is 35.4 Å². The number of amides is 1. The van der Waals surface area contributed by atoms with Crippen molar-refractivity contribution in [3.05, 3.63) is 28.3 Å². The molecule has 0 spiro atoms. The van der Waals surface area contributed by atoms with Gasteiger partial charge in [0.1, 0.15) is 17.5 Å². The fourth-order valence-corrected chi connectivity index (χ4v) is 2.15. The van der Waals surface area contributed by atoms with Crippen molar-refractivity contribution in [2.24, 2.45) is 0 Å². The molecule has 1 amide bonds. The third kappa shape index (κ3) is 6.73. The summed E-state index contributed by atoms with van der Waals surface area (Å²) in [5.74, 6) is -1.70. The monoisotopic (exact) mass is 355 g/mol. The number of nitro groups is 1. The van der Waals surface area contributed by atoms with Gasteiger partial charge in [0.25, 0.3) is 5.69 Å². The van der Waals surface area contributed by atoms with Crippen LogP contribution in [0.4, 0.5) is 11.4 Å². The first-order chi connectivity index (χ1) is 11.9. The maximum Gasteiger partial charge on any atom is 0.296 e. The normalized spacial score (nSPS) is 11.6. The lowest BCUT2D eigenvalue weighted by atomic mass is 10.1. The summed E-state index contributed by atoms with van der Waals surface area (Å²) in [5.41, 5.74) is 3.31. The van der Waals surface area contributed by atoms with Crippen molar-refractivity contribution in [1.29, 1.82) is 0 Å². The van der Waals surface area contributed by atoms with E-state index in [9.17, 15) is 24.8 Å². The Hall–Kier alpha value is -2.72. The Balaban J connectivity index is 2.80. The van der Waals surface area contributed by atoms with Gasteiger partial charge in [0.2, 0.25) is 5.91 Å². The molecule has 0 bridgehead atoms. The zero-order valence-electron chi connectivity index (χ0n) is 14.0. The van der Waals surface area contributed by atoms with Gasteiger partial charge in [-0.1, -0.05) is 0 Å². The molecule has 10 nitrogen and oxygen atoms in total. The number of nitrogens with two attached hydrogens (primary N) is 1. The second-order valence-electron chi connectivity index (χ2n) is 5.28. The third-order valence-corrected chi connectivity index (χ3v) is 3.36. The van der Waals surface area contributed by atoms with Gasteiger partial charge >= 0.3 is 0 Å². The molecule has 10 heteroatoms. The van der Waals surface area contributed by atoms with Gasteiger partial charge in [0, 0.05) is 6.42 Å². The van der Waals surface area contributed by atoms with Crippen LogP contribution in [0.25, 0.3) is 0 Å². The van der Waals surface area contributed by atoms with Crippen LogP contribution in [0.5, 0.6) is 5.75 Å². The van der Waals surface area contributed by atoms with Crippen molar-refractivity contribution in [3.63, 3.8) is 0 Å². The number of quaternary nitrogens is 2. The van der Waals surface area contributed by atoms with Crippen molar-refractivity contribution in [1.82, 2.24) is 0 Å². The van der Waals surface area contributed by atoms with Gasteiger partial charge in [-0.25, -0.2) is 0 Å². The van der Waals surface area contributed by atoms with E-state index in [2.05, 4.69) is 11.1 Å². The summed E-state index contributed by atoms with van der Waals surface area (Å²) >= 11 is 0. The van der Waals surface area contributed by atoms with Crippen molar-refractivity contribution >= 4 is 23.3 Å². The SMILES string of the molecule is CCOc1ccc(NC(=O)C[C@H]([NH2+]CCC[NH3+])C(=O)[O-])c([N+](=O)[O-])c1. The molecule has 0 saturated heterocycles. The Labute approximate surface area is 144 Å². The number of aliphatic carboxylic acids is 1. The number of hydrogen-bond acceptors (Lipinski definition) is 6. The minimum Gasteiger partial charge on any atom is -0.544 e. The number of carbonyl (C=O) groups is 2. The molecule has 1 aromatic carbocycles. The number of rotatable bonds is 11. The largest absolute Gasteiger partial charge is 0.544 e. The maximum atomic E-state index is 12.1. The Bertz CT molecular complexity index is 622. The molecule has 0 aliphatic carbocycles. The Morgan fingerprint density at radius 1 is 1.44 bits per heavy atom. The van der Waals surface area contributed by atoms with Gasteiger partial charge in [-0.3, -0.25) is 14.9 Å². The van der Waals surface area contributed by atoms with Crippen LogP contribution in [-0.2, 0) is 9.59 Å². The smallest absolute Gasteiger partial charge is 0.296 e. The van der Waals surface area contributed by atoms with Gasteiger partial charge in [0.05, 0.1) is 43.1 Å². The van der Waals surface area contributed by atoms with E-state index in [1.807, 2.05) is 0 Å². The summed E-state index contributed by atoms with van der Waals surface area (Å²) in [7, 11) is 0. The quantitative estimate of drug-likeness (QED) is 0.228. The van der Waals surface area contributed by atoms with Gasteiger partial charge in [-0.15, -0.1) is 0 Å². The van der Waals surface area contributed by atoms with Gasteiger partial charge in [-0.2, -0.15) is 0 Å². The Morgan fingerprint density at radius 2 is 2.16 bits per heavy atom. The molecule has 25 heavy (non-hydrogen) atoms. The molecule has 1 aromatic rings. The van der Waals surface area contributed by atoms with Gasteiger partial charge in [0.15, 0.2) is 0 Å². The summed E-state index contributed by atoms with van der Waals surface area (Å²) in [6.45, 7) is 3.24. The van der Waals surface area contributed by atoms with Gasteiger partial charge < -0.3 is 31.0 Å². The van der Waals surface area contributed by atoms with E-state index in [4.69, 9.17) is 4.74 Å². The number of ether oxygens (including phenoxy) is 1. The minimum absolute atomic E-state index is 0.0201. The highest BCUT2D eigenvalue weighted by atomic mass is 16.6. The first-order valence-corrected chi connectivity index (χ1v) is 7.93. The molecule has 0 unspecified atom stereocenters. The predicted molar refractivity (Wildman–Crippen MR) is 85.5 cm³/mol. The summed E-state index contributed by atoms with van der Waals surface area (Å²) < 4.78 is 5.19. The molecule has 1 rings (SSSR count). The lowest BCUT2D eigenvalue weighted by Crippen LogP contribution is -2.93. The number of anilines is 1. The van der Waals surface area contributed by atoms with Crippen LogP contribution < -0.4 is 26.2 Å². The minimum atomic E-state index is -1.36. The van der Waals surface area contributed by atoms with E-state index >= 15 is 0 Å². The maximum absolute atomic E-state index is 12.1. The van der Waals surface area contributed by atoms with Crippen molar-refractivity contribution in [3.8, 4) is 5.75 Å². The average molecular weight is 355 g/mol. The molecule has 0 aliphatic heterocycles. The number of nitrogens with one attached hydrogen (secondary N) is 1. The molecule has 1 atom stereocenters. The number of carboxylic acids is 1. The molecule has 0 aliphatic rings. The predicted octanol–water partition coefficient (Wildman–Crippen LogP) is -2.36. The van der Waals surface area contributed by atoms with Crippen LogP contribution >= 0.6 is 0 Å². The standard InChI is InChI=1S/C15H22N4O6/c1-2-25-10-4-5-11(13(8-10)19(23)24)18-14(20)9-12(15(21)22)17-7-3-6-16/h4-5,8,12,17H,2-3,6-7,9,16H2,1H3,(H,18,20)(H,21,22)/p+1/t12-/m0/s1. The molecular formula is C15H23N4O6+. The molecule has 0 aromatic heterocycles.